The number of ether oxygens (including phenoxy) is 2. The predicted molar refractivity (Wildman–Crippen MR) is 157 cm³/mol. The summed E-state index contributed by atoms with van der Waals surface area (Å²) in [5.74, 6) is -1.53. The van der Waals surface area contributed by atoms with E-state index in [0.29, 0.717) is 11.8 Å². The molecule has 0 radical (unpaired) electrons. The van der Waals surface area contributed by atoms with Gasteiger partial charge in [0.1, 0.15) is 31.1 Å². The average molecular weight is 576 g/mol. The normalized spacial score (nSPS) is 10.3. The van der Waals surface area contributed by atoms with Crippen LogP contribution in [-0.4, -0.2) is 61.1 Å². The van der Waals surface area contributed by atoms with Gasteiger partial charge in [0.2, 0.25) is 5.91 Å². The number of likely N-dealkylation sites (N-methyl/N-ethyl adjacent to an activating group) is 1. The zero-order chi connectivity index (χ0) is 31.7. The first-order valence-corrected chi connectivity index (χ1v) is 13.1. The number of hydrogen-bond acceptors (Lipinski definition) is 8. The fourth-order valence-corrected chi connectivity index (χ4v) is 2.59. The Labute approximate surface area is 243 Å². The first kappa shape index (κ1) is 38.9. The molecule has 1 unspecified atom stereocenters. The Bertz CT molecular complexity index is 1010. The minimum atomic E-state index is -0.822. The van der Waals surface area contributed by atoms with Crippen molar-refractivity contribution in [2.45, 2.75) is 66.2 Å². The molecule has 0 spiro atoms. The summed E-state index contributed by atoms with van der Waals surface area (Å²) in [5.41, 5.74) is 1.20. The highest BCUT2D eigenvalue weighted by Crippen LogP contribution is 2.09. The maximum absolute atomic E-state index is 11.8. The Hall–Kier alpha value is -4.25. The third kappa shape index (κ3) is 25.8. The molecule has 41 heavy (non-hydrogen) atoms. The Kier molecular flexibility index (Phi) is 22.4. The number of aldehydes is 1. The van der Waals surface area contributed by atoms with E-state index in [1.165, 1.54) is 13.3 Å². The van der Waals surface area contributed by atoms with E-state index in [2.05, 4.69) is 29.8 Å². The summed E-state index contributed by atoms with van der Waals surface area (Å²) in [4.78, 5) is 54.3. The zero-order valence-corrected chi connectivity index (χ0v) is 25.1. The lowest BCUT2D eigenvalue weighted by Gasteiger charge is -2.17. The van der Waals surface area contributed by atoms with Gasteiger partial charge in [0.05, 0.1) is 6.54 Å². The van der Waals surface area contributed by atoms with Crippen LogP contribution in [0.4, 0.5) is 4.79 Å². The van der Waals surface area contributed by atoms with Gasteiger partial charge < -0.3 is 35.3 Å². The van der Waals surface area contributed by atoms with Gasteiger partial charge in [0.15, 0.2) is 0 Å². The van der Waals surface area contributed by atoms with E-state index in [1.807, 2.05) is 57.2 Å². The minimum absolute atomic E-state index is 0.0417. The van der Waals surface area contributed by atoms with Gasteiger partial charge in [-0.1, -0.05) is 80.9 Å². The fourth-order valence-electron chi connectivity index (χ4n) is 2.59. The monoisotopic (exact) mass is 575 g/mol. The van der Waals surface area contributed by atoms with Crippen LogP contribution in [-0.2, 0) is 35.3 Å². The molecule has 0 fully saturated rings. The van der Waals surface area contributed by atoms with Gasteiger partial charge in [-0.15, -0.1) is 0 Å². The van der Waals surface area contributed by atoms with Crippen LogP contribution < -0.4 is 16.0 Å². The number of amides is 2. The lowest BCUT2D eigenvalue weighted by molar-refractivity contribution is -0.152. The molecule has 11 heteroatoms. The molecule has 0 aromatic heterocycles. The number of nitrogens with one attached hydrogen (secondary N) is 3. The molecule has 2 amide bonds. The number of hydrogen-bond donors (Lipinski definition) is 4. The SMILES string of the molecule is CC(=O)OC(C)(C)C.CCC.CNCC(=O)O.O=CC(NC(=O)CNC(=O)OCc1ccccc1)c1ccccc1. The number of carboxylic acids is 1. The van der Waals surface area contributed by atoms with Crippen molar-refractivity contribution in [2.24, 2.45) is 0 Å². The number of carboxylic acid groups (broad SMARTS) is 1. The first-order chi connectivity index (χ1) is 19.3. The highest BCUT2D eigenvalue weighted by Gasteiger charge is 2.14. The average Bonchev–Trinajstić information content (AvgIpc) is 2.90. The second-order valence-corrected chi connectivity index (χ2v) is 9.34. The van der Waals surface area contributed by atoms with Crippen LogP contribution in [0.5, 0.6) is 0 Å². The van der Waals surface area contributed by atoms with Crippen molar-refractivity contribution in [3.05, 3.63) is 71.8 Å². The topological polar surface area (TPSA) is 160 Å². The van der Waals surface area contributed by atoms with Crippen molar-refractivity contribution >= 4 is 30.2 Å². The third-order valence-corrected chi connectivity index (χ3v) is 4.00. The van der Waals surface area contributed by atoms with E-state index in [-0.39, 0.29) is 31.3 Å². The molecule has 0 bridgehead atoms. The van der Waals surface area contributed by atoms with Crippen LogP contribution in [0.2, 0.25) is 0 Å². The zero-order valence-electron chi connectivity index (χ0n) is 25.1. The Morgan fingerprint density at radius 2 is 1.44 bits per heavy atom. The standard InChI is InChI=1S/C18H18N2O4.C6H12O2.C3H7NO2.C3H8/c21-12-16(15-9-5-2-6-10-15)20-17(22)11-19-18(23)24-13-14-7-3-1-4-8-14;1-5(7)8-6(2,3)4;1-4-2-3(5)6;1-3-2/h1-10,12,16H,11,13H2,(H,19,23)(H,20,22);1-4H3;4H,2H2,1H3,(H,5,6);3H2,1-2H3. The maximum Gasteiger partial charge on any atom is 0.407 e. The van der Waals surface area contributed by atoms with Crippen molar-refractivity contribution in [1.82, 2.24) is 16.0 Å². The van der Waals surface area contributed by atoms with Crippen molar-refractivity contribution in [2.75, 3.05) is 20.1 Å². The van der Waals surface area contributed by atoms with Crippen LogP contribution in [0.25, 0.3) is 0 Å². The molecule has 0 aliphatic carbocycles. The summed E-state index contributed by atoms with van der Waals surface area (Å²) in [6.07, 6.45) is 1.19. The first-order valence-electron chi connectivity index (χ1n) is 13.1. The van der Waals surface area contributed by atoms with E-state index in [1.54, 1.807) is 31.3 Å². The summed E-state index contributed by atoms with van der Waals surface area (Å²) in [6.45, 7) is 11.1. The summed E-state index contributed by atoms with van der Waals surface area (Å²) in [5, 5.41) is 15.2. The van der Waals surface area contributed by atoms with Gasteiger partial charge in [-0.2, -0.15) is 0 Å². The van der Waals surface area contributed by atoms with Gasteiger partial charge >= 0.3 is 18.0 Å². The lowest BCUT2D eigenvalue weighted by Crippen LogP contribution is -2.39. The number of alkyl carbamates (subject to hydrolysis) is 1. The number of aliphatic carboxylic acids is 1. The number of esters is 1. The van der Waals surface area contributed by atoms with Crippen molar-refractivity contribution in [3.63, 3.8) is 0 Å². The molecule has 0 aliphatic rings. The van der Waals surface area contributed by atoms with E-state index >= 15 is 0 Å². The summed E-state index contributed by atoms with van der Waals surface area (Å²) in [6, 6.07) is 17.3. The van der Waals surface area contributed by atoms with Crippen molar-refractivity contribution in [3.8, 4) is 0 Å². The largest absolute Gasteiger partial charge is 0.480 e. The molecule has 2 aromatic rings. The predicted octanol–water partition coefficient (Wildman–Crippen LogP) is 4.02. The van der Waals surface area contributed by atoms with E-state index in [9.17, 15) is 24.0 Å². The summed E-state index contributed by atoms with van der Waals surface area (Å²) in [7, 11) is 1.59. The smallest absolute Gasteiger partial charge is 0.407 e. The minimum Gasteiger partial charge on any atom is -0.480 e. The molecule has 11 nitrogen and oxygen atoms in total. The molecular formula is C30H45N3O8. The van der Waals surface area contributed by atoms with E-state index < -0.39 is 24.0 Å². The third-order valence-electron chi connectivity index (χ3n) is 4.00. The molecule has 2 aromatic carbocycles. The lowest BCUT2D eigenvalue weighted by atomic mass is 10.1. The molecule has 228 valence electrons. The number of carbonyl (C=O) groups excluding carboxylic acids is 4. The van der Waals surface area contributed by atoms with Crippen LogP contribution in [0.3, 0.4) is 0 Å². The second-order valence-electron chi connectivity index (χ2n) is 9.34. The van der Waals surface area contributed by atoms with Gasteiger partial charge in [-0.05, 0) is 38.9 Å². The summed E-state index contributed by atoms with van der Waals surface area (Å²) >= 11 is 0. The second kappa shape index (κ2) is 23.6. The fraction of sp³-hybridized carbons (Fsp3) is 0.433. The molecular weight excluding hydrogens is 530 g/mol. The van der Waals surface area contributed by atoms with Crippen molar-refractivity contribution < 1.29 is 38.6 Å². The van der Waals surface area contributed by atoms with Gasteiger partial charge in [-0.3, -0.25) is 14.4 Å². The molecule has 1 atom stereocenters. The van der Waals surface area contributed by atoms with Crippen LogP contribution in [0.15, 0.2) is 60.7 Å². The van der Waals surface area contributed by atoms with Gasteiger partial charge in [0.25, 0.3) is 0 Å². The van der Waals surface area contributed by atoms with Crippen molar-refractivity contribution in [1.29, 1.82) is 0 Å². The molecule has 4 N–H and O–H groups in total. The Morgan fingerprint density at radius 1 is 0.927 bits per heavy atom. The highest BCUT2D eigenvalue weighted by atomic mass is 16.6. The number of carbonyl (C=O) groups is 5. The molecule has 2 rings (SSSR count). The molecule has 0 saturated heterocycles. The van der Waals surface area contributed by atoms with E-state index in [0.717, 1.165) is 5.56 Å². The number of benzene rings is 2. The molecule has 0 aliphatic heterocycles. The van der Waals surface area contributed by atoms with Crippen LogP contribution in [0, 0.1) is 0 Å². The molecule has 0 saturated carbocycles. The quantitative estimate of drug-likeness (QED) is 0.256. The van der Waals surface area contributed by atoms with Gasteiger partial charge in [0, 0.05) is 6.92 Å². The van der Waals surface area contributed by atoms with Crippen LogP contribution in [0.1, 0.15) is 65.1 Å². The number of rotatable bonds is 9. The maximum atomic E-state index is 11.8. The highest BCUT2D eigenvalue weighted by molar-refractivity contribution is 5.84. The molecule has 0 heterocycles. The van der Waals surface area contributed by atoms with E-state index in [4.69, 9.17) is 14.6 Å². The van der Waals surface area contributed by atoms with Crippen LogP contribution >= 0.6 is 0 Å². The van der Waals surface area contributed by atoms with Gasteiger partial charge in [-0.25, -0.2) is 4.79 Å². The Balaban J connectivity index is 0. The summed E-state index contributed by atoms with van der Waals surface area (Å²) < 4.78 is 9.79. The Morgan fingerprint density at radius 3 is 1.80 bits per heavy atom.